The summed E-state index contributed by atoms with van der Waals surface area (Å²) in [5.41, 5.74) is 4.45. The summed E-state index contributed by atoms with van der Waals surface area (Å²) in [6.07, 6.45) is 0. The first-order valence-corrected chi connectivity index (χ1v) is 5.11. The van der Waals surface area contributed by atoms with Crippen LogP contribution in [0.15, 0.2) is 30.3 Å². The van der Waals surface area contributed by atoms with E-state index in [4.69, 9.17) is 11.6 Å². The van der Waals surface area contributed by atoms with Gasteiger partial charge in [0.15, 0.2) is 5.15 Å². The van der Waals surface area contributed by atoms with E-state index in [1.807, 2.05) is 12.1 Å². The lowest BCUT2D eigenvalue weighted by Crippen LogP contribution is -1.89. The Morgan fingerprint density at radius 1 is 0.933 bits per heavy atom. The molecule has 0 atom stereocenters. The summed E-state index contributed by atoms with van der Waals surface area (Å²) in [4.78, 5) is 0. The molecule has 0 saturated carbocycles. The van der Waals surface area contributed by atoms with Crippen molar-refractivity contribution in [1.29, 1.82) is 0 Å². The van der Waals surface area contributed by atoms with Gasteiger partial charge >= 0.3 is 0 Å². The molecule has 1 heterocycles. The Balaban J connectivity index is 2.45. The maximum absolute atomic E-state index is 5.68. The summed E-state index contributed by atoms with van der Waals surface area (Å²) in [6.45, 7) is 4.18. The van der Waals surface area contributed by atoms with Gasteiger partial charge in [0.2, 0.25) is 0 Å². The molecule has 0 amide bonds. The fourth-order valence-electron chi connectivity index (χ4n) is 1.37. The summed E-state index contributed by atoms with van der Waals surface area (Å²) < 4.78 is 0. The zero-order valence-electron chi connectivity index (χ0n) is 8.66. The fraction of sp³-hybridized carbons (Fsp3) is 0.167. The van der Waals surface area contributed by atoms with Crippen LogP contribution in [0.4, 0.5) is 0 Å². The molecule has 0 fully saturated rings. The van der Waals surface area contributed by atoms with E-state index >= 15 is 0 Å². The van der Waals surface area contributed by atoms with Crippen molar-refractivity contribution in [2.24, 2.45) is 0 Å². The van der Waals surface area contributed by atoms with Crippen LogP contribution in [0, 0.1) is 13.8 Å². The van der Waals surface area contributed by atoms with E-state index in [0.29, 0.717) is 5.15 Å². The molecule has 1 aromatic carbocycles. The van der Waals surface area contributed by atoms with Gasteiger partial charge in [0.25, 0.3) is 0 Å². The van der Waals surface area contributed by atoms with Crippen molar-refractivity contribution in [3.63, 3.8) is 0 Å². The first kappa shape index (κ1) is 10.1. The third kappa shape index (κ3) is 2.16. The lowest BCUT2D eigenvalue weighted by atomic mass is 10.0. The second kappa shape index (κ2) is 3.99. The van der Waals surface area contributed by atoms with Gasteiger partial charge < -0.3 is 0 Å². The Kier molecular flexibility index (Phi) is 2.69. The second-order valence-electron chi connectivity index (χ2n) is 3.54. The minimum atomic E-state index is 0.419. The molecule has 0 N–H and O–H groups in total. The Hall–Kier alpha value is -1.41. The number of benzene rings is 1. The maximum atomic E-state index is 5.68. The SMILES string of the molecule is Cc1ccc(-c2ccc(Cl)nn2)cc1C. The number of halogens is 1. The largest absolute Gasteiger partial charge is 0.151 e. The minimum absolute atomic E-state index is 0.419. The molecule has 2 nitrogen and oxygen atoms in total. The van der Waals surface area contributed by atoms with Gasteiger partial charge in [-0.3, -0.25) is 0 Å². The van der Waals surface area contributed by atoms with Crippen LogP contribution in [-0.4, -0.2) is 10.2 Å². The number of aryl methyl sites for hydroxylation is 2. The van der Waals surface area contributed by atoms with E-state index in [1.54, 1.807) is 6.07 Å². The topological polar surface area (TPSA) is 25.8 Å². The molecule has 1 aromatic heterocycles. The van der Waals surface area contributed by atoms with E-state index in [2.05, 4.69) is 36.2 Å². The van der Waals surface area contributed by atoms with Gasteiger partial charge in [-0.1, -0.05) is 23.7 Å². The van der Waals surface area contributed by atoms with E-state index in [-0.39, 0.29) is 0 Å². The minimum Gasteiger partial charge on any atom is -0.149 e. The molecule has 2 rings (SSSR count). The standard InChI is InChI=1S/C12H11ClN2/c1-8-3-4-10(7-9(8)2)11-5-6-12(13)15-14-11/h3-7H,1-2H3. The molecule has 0 unspecified atom stereocenters. The van der Waals surface area contributed by atoms with Crippen LogP contribution >= 0.6 is 11.6 Å². The molecule has 0 saturated heterocycles. The molecule has 0 aliphatic rings. The predicted molar refractivity (Wildman–Crippen MR) is 62.0 cm³/mol. The lowest BCUT2D eigenvalue weighted by molar-refractivity contribution is 1.04. The van der Waals surface area contributed by atoms with Crippen LogP contribution in [0.2, 0.25) is 5.15 Å². The van der Waals surface area contributed by atoms with Crippen LogP contribution in [-0.2, 0) is 0 Å². The van der Waals surface area contributed by atoms with Crippen molar-refractivity contribution in [3.05, 3.63) is 46.6 Å². The van der Waals surface area contributed by atoms with Gasteiger partial charge in [0.1, 0.15) is 0 Å². The van der Waals surface area contributed by atoms with Crippen LogP contribution in [0.1, 0.15) is 11.1 Å². The van der Waals surface area contributed by atoms with Crippen molar-refractivity contribution in [3.8, 4) is 11.3 Å². The van der Waals surface area contributed by atoms with Crippen molar-refractivity contribution >= 4 is 11.6 Å². The highest BCUT2D eigenvalue weighted by Gasteiger charge is 2.01. The maximum Gasteiger partial charge on any atom is 0.151 e. The van der Waals surface area contributed by atoms with Gasteiger partial charge in [-0.05, 0) is 43.2 Å². The Morgan fingerprint density at radius 3 is 2.33 bits per heavy atom. The second-order valence-corrected chi connectivity index (χ2v) is 3.93. The summed E-state index contributed by atoms with van der Waals surface area (Å²) in [7, 11) is 0. The van der Waals surface area contributed by atoms with Gasteiger partial charge in [-0.25, -0.2) is 0 Å². The predicted octanol–water partition coefficient (Wildman–Crippen LogP) is 3.41. The number of rotatable bonds is 1. The first-order chi connectivity index (χ1) is 7.16. The zero-order chi connectivity index (χ0) is 10.8. The lowest BCUT2D eigenvalue weighted by Gasteiger charge is -2.03. The number of hydrogen-bond acceptors (Lipinski definition) is 2. The molecule has 0 radical (unpaired) electrons. The van der Waals surface area contributed by atoms with Crippen molar-refractivity contribution in [1.82, 2.24) is 10.2 Å². The number of aromatic nitrogens is 2. The van der Waals surface area contributed by atoms with Crippen molar-refractivity contribution < 1.29 is 0 Å². The van der Waals surface area contributed by atoms with E-state index < -0.39 is 0 Å². The van der Waals surface area contributed by atoms with E-state index in [9.17, 15) is 0 Å². The zero-order valence-corrected chi connectivity index (χ0v) is 9.42. The molecular formula is C12H11ClN2. The average Bonchev–Trinajstić information content (AvgIpc) is 2.23. The fourth-order valence-corrected chi connectivity index (χ4v) is 1.47. The summed E-state index contributed by atoms with van der Waals surface area (Å²) >= 11 is 5.68. The van der Waals surface area contributed by atoms with E-state index in [1.165, 1.54) is 11.1 Å². The molecular weight excluding hydrogens is 208 g/mol. The van der Waals surface area contributed by atoms with E-state index in [0.717, 1.165) is 11.3 Å². The van der Waals surface area contributed by atoms with Gasteiger partial charge in [-0.2, -0.15) is 0 Å². The number of hydrogen-bond donors (Lipinski definition) is 0. The van der Waals surface area contributed by atoms with Crippen molar-refractivity contribution in [2.75, 3.05) is 0 Å². The number of nitrogens with zero attached hydrogens (tertiary/aromatic N) is 2. The third-order valence-corrected chi connectivity index (χ3v) is 2.64. The molecule has 0 spiro atoms. The normalized spacial score (nSPS) is 10.3. The first-order valence-electron chi connectivity index (χ1n) is 4.73. The molecule has 76 valence electrons. The van der Waals surface area contributed by atoms with Crippen molar-refractivity contribution in [2.45, 2.75) is 13.8 Å². The van der Waals surface area contributed by atoms with Crippen LogP contribution in [0.3, 0.4) is 0 Å². The Morgan fingerprint density at radius 2 is 1.73 bits per heavy atom. The van der Waals surface area contributed by atoms with Gasteiger partial charge in [0, 0.05) is 5.56 Å². The summed E-state index contributed by atoms with van der Waals surface area (Å²) in [5.74, 6) is 0. The molecule has 15 heavy (non-hydrogen) atoms. The highest BCUT2D eigenvalue weighted by Crippen LogP contribution is 2.20. The van der Waals surface area contributed by atoms with Crippen LogP contribution in [0.25, 0.3) is 11.3 Å². The Bertz CT molecular complexity index is 477. The summed E-state index contributed by atoms with van der Waals surface area (Å²) in [5, 5.41) is 8.28. The smallest absolute Gasteiger partial charge is 0.149 e. The van der Waals surface area contributed by atoms with Crippen LogP contribution in [0.5, 0.6) is 0 Å². The third-order valence-electron chi connectivity index (χ3n) is 2.43. The molecule has 0 bridgehead atoms. The quantitative estimate of drug-likeness (QED) is 0.733. The molecule has 0 aliphatic heterocycles. The average molecular weight is 219 g/mol. The highest BCUT2D eigenvalue weighted by atomic mass is 35.5. The Labute approximate surface area is 93.9 Å². The highest BCUT2D eigenvalue weighted by molar-refractivity contribution is 6.29. The van der Waals surface area contributed by atoms with Gasteiger partial charge in [-0.15, -0.1) is 10.2 Å². The molecule has 2 aromatic rings. The van der Waals surface area contributed by atoms with Gasteiger partial charge in [0.05, 0.1) is 5.69 Å². The summed E-state index contributed by atoms with van der Waals surface area (Å²) in [6, 6.07) is 9.85. The molecule has 3 heteroatoms. The monoisotopic (exact) mass is 218 g/mol. The van der Waals surface area contributed by atoms with Crippen LogP contribution < -0.4 is 0 Å². The molecule has 0 aliphatic carbocycles.